The number of nitriles is 1. The van der Waals surface area contributed by atoms with Gasteiger partial charge in [-0.15, -0.1) is 0 Å². The highest BCUT2D eigenvalue weighted by molar-refractivity contribution is 5.67. The van der Waals surface area contributed by atoms with Crippen molar-refractivity contribution in [1.82, 2.24) is 4.98 Å². The minimum atomic E-state index is -1.04. The van der Waals surface area contributed by atoms with Crippen molar-refractivity contribution in [3.8, 4) is 17.2 Å². The van der Waals surface area contributed by atoms with Gasteiger partial charge in [0.05, 0.1) is 12.5 Å². The van der Waals surface area contributed by atoms with E-state index in [4.69, 9.17) is 5.26 Å². The van der Waals surface area contributed by atoms with Gasteiger partial charge in [0.2, 0.25) is 5.95 Å². The van der Waals surface area contributed by atoms with Crippen LogP contribution in [0.4, 0.5) is 13.2 Å². The van der Waals surface area contributed by atoms with Crippen LogP contribution in [0.3, 0.4) is 0 Å². The normalized spacial score (nSPS) is 10.1. The molecule has 0 aliphatic carbocycles. The Labute approximate surface area is 101 Å². The zero-order valence-electron chi connectivity index (χ0n) is 9.12. The fourth-order valence-corrected chi connectivity index (χ4v) is 1.65. The van der Waals surface area contributed by atoms with Crippen molar-refractivity contribution < 1.29 is 13.2 Å². The van der Waals surface area contributed by atoms with Crippen LogP contribution in [0.5, 0.6) is 0 Å². The predicted molar refractivity (Wildman–Crippen MR) is 58.9 cm³/mol. The summed E-state index contributed by atoms with van der Waals surface area (Å²) in [6.07, 6.45) is 0.991. The molecule has 0 bridgehead atoms. The second kappa shape index (κ2) is 4.88. The van der Waals surface area contributed by atoms with Crippen LogP contribution >= 0.6 is 0 Å². The third-order valence-electron chi connectivity index (χ3n) is 2.47. The summed E-state index contributed by atoms with van der Waals surface area (Å²) in [5, 5.41) is 8.65. The number of rotatable bonds is 2. The lowest BCUT2D eigenvalue weighted by Crippen LogP contribution is -1.96. The Morgan fingerprint density at radius 2 is 1.94 bits per heavy atom. The zero-order chi connectivity index (χ0) is 13.1. The van der Waals surface area contributed by atoms with E-state index in [9.17, 15) is 13.2 Å². The molecule has 1 aromatic carbocycles. The zero-order valence-corrected chi connectivity index (χ0v) is 9.12. The van der Waals surface area contributed by atoms with Gasteiger partial charge in [-0.1, -0.05) is 12.1 Å². The van der Waals surface area contributed by atoms with E-state index in [1.54, 1.807) is 0 Å². The standard InChI is InChI=1S/C13H7F3N2/c14-11-3-1-2-9(13(11)16)10-7-18-12(15)6-8(10)4-5-17/h1-3,6-7H,4H2. The van der Waals surface area contributed by atoms with Crippen LogP contribution in [-0.2, 0) is 6.42 Å². The van der Waals surface area contributed by atoms with Crippen molar-refractivity contribution in [3.05, 3.63) is 53.6 Å². The lowest BCUT2D eigenvalue weighted by Gasteiger charge is -2.08. The summed E-state index contributed by atoms with van der Waals surface area (Å²) in [4.78, 5) is 3.40. The van der Waals surface area contributed by atoms with Crippen LogP contribution in [0.25, 0.3) is 11.1 Å². The molecule has 0 N–H and O–H groups in total. The molecule has 0 saturated heterocycles. The van der Waals surface area contributed by atoms with Crippen molar-refractivity contribution in [1.29, 1.82) is 5.26 Å². The van der Waals surface area contributed by atoms with Crippen LogP contribution < -0.4 is 0 Å². The number of nitrogens with zero attached hydrogens (tertiary/aromatic N) is 2. The van der Waals surface area contributed by atoms with E-state index in [0.29, 0.717) is 0 Å². The fraction of sp³-hybridized carbons (Fsp3) is 0.0769. The van der Waals surface area contributed by atoms with E-state index in [1.165, 1.54) is 12.1 Å². The summed E-state index contributed by atoms with van der Waals surface area (Å²) in [6.45, 7) is 0. The lowest BCUT2D eigenvalue weighted by molar-refractivity contribution is 0.511. The molecule has 1 aromatic heterocycles. The summed E-state index contributed by atoms with van der Waals surface area (Å²) in [5.74, 6) is -2.80. The molecule has 0 atom stereocenters. The molecule has 1 heterocycles. The second-order valence-electron chi connectivity index (χ2n) is 3.60. The minimum Gasteiger partial charge on any atom is -0.228 e. The first-order valence-electron chi connectivity index (χ1n) is 5.09. The van der Waals surface area contributed by atoms with Gasteiger partial charge in [0.1, 0.15) is 0 Å². The molecule has 0 aliphatic rings. The molecule has 18 heavy (non-hydrogen) atoms. The minimum absolute atomic E-state index is 0.0345. The molecular weight excluding hydrogens is 241 g/mol. The number of hydrogen-bond acceptors (Lipinski definition) is 2. The first-order chi connectivity index (χ1) is 8.63. The van der Waals surface area contributed by atoms with Gasteiger partial charge in [-0.2, -0.15) is 9.65 Å². The molecule has 90 valence electrons. The van der Waals surface area contributed by atoms with Crippen molar-refractivity contribution in [3.63, 3.8) is 0 Å². The van der Waals surface area contributed by atoms with Gasteiger partial charge in [-0.3, -0.25) is 0 Å². The van der Waals surface area contributed by atoms with E-state index in [2.05, 4.69) is 4.98 Å². The quantitative estimate of drug-likeness (QED) is 0.765. The SMILES string of the molecule is N#CCc1cc(F)ncc1-c1cccc(F)c1F. The van der Waals surface area contributed by atoms with Crippen LogP contribution in [-0.4, -0.2) is 4.98 Å². The Kier molecular flexibility index (Phi) is 3.28. The molecule has 0 fully saturated rings. The first kappa shape index (κ1) is 12.1. The topological polar surface area (TPSA) is 36.7 Å². The summed E-state index contributed by atoms with van der Waals surface area (Å²) >= 11 is 0. The van der Waals surface area contributed by atoms with E-state index in [1.807, 2.05) is 6.07 Å². The van der Waals surface area contributed by atoms with E-state index >= 15 is 0 Å². The van der Waals surface area contributed by atoms with Crippen molar-refractivity contribution in [2.24, 2.45) is 0 Å². The Hall–Kier alpha value is -2.35. The first-order valence-corrected chi connectivity index (χ1v) is 5.09. The number of hydrogen-bond donors (Lipinski definition) is 0. The third kappa shape index (κ3) is 2.18. The number of pyridine rings is 1. The fourth-order valence-electron chi connectivity index (χ4n) is 1.65. The van der Waals surface area contributed by atoms with Crippen molar-refractivity contribution in [2.75, 3.05) is 0 Å². The van der Waals surface area contributed by atoms with Crippen LogP contribution in [0.15, 0.2) is 30.5 Å². The van der Waals surface area contributed by atoms with Crippen LogP contribution in [0, 0.1) is 28.9 Å². The highest BCUT2D eigenvalue weighted by Crippen LogP contribution is 2.27. The van der Waals surface area contributed by atoms with E-state index in [0.717, 1.165) is 18.3 Å². The maximum Gasteiger partial charge on any atom is 0.213 e. The lowest BCUT2D eigenvalue weighted by atomic mass is 10.00. The van der Waals surface area contributed by atoms with Crippen LogP contribution in [0.1, 0.15) is 5.56 Å². The second-order valence-corrected chi connectivity index (χ2v) is 3.60. The molecule has 0 spiro atoms. The van der Waals surface area contributed by atoms with Crippen molar-refractivity contribution in [2.45, 2.75) is 6.42 Å². The number of aromatic nitrogens is 1. The number of halogens is 3. The summed E-state index contributed by atoms with van der Waals surface area (Å²) in [6, 6.07) is 6.57. The third-order valence-corrected chi connectivity index (χ3v) is 2.47. The Balaban J connectivity index is 2.64. The average molecular weight is 248 g/mol. The molecule has 0 amide bonds. The smallest absolute Gasteiger partial charge is 0.213 e. The molecule has 0 radical (unpaired) electrons. The summed E-state index contributed by atoms with van der Waals surface area (Å²) in [5.41, 5.74) is 0.456. The molecule has 2 aromatic rings. The van der Waals surface area contributed by atoms with Gasteiger partial charge >= 0.3 is 0 Å². The monoisotopic (exact) mass is 248 g/mol. The molecule has 0 saturated carbocycles. The Morgan fingerprint density at radius 1 is 1.17 bits per heavy atom. The predicted octanol–water partition coefficient (Wildman–Crippen LogP) is 3.23. The van der Waals surface area contributed by atoms with Gasteiger partial charge in [0.25, 0.3) is 0 Å². The van der Waals surface area contributed by atoms with Gasteiger partial charge < -0.3 is 0 Å². The molecular formula is C13H7F3N2. The largest absolute Gasteiger partial charge is 0.228 e. The van der Waals surface area contributed by atoms with Crippen molar-refractivity contribution >= 4 is 0 Å². The maximum atomic E-state index is 13.6. The molecule has 2 nitrogen and oxygen atoms in total. The van der Waals surface area contributed by atoms with E-state index in [-0.39, 0.29) is 23.1 Å². The molecule has 0 aliphatic heterocycles. The van der Waals surface area contributed by atoms with Gasteiger partial charge in [0, 0.05) is 17.3 Å². The number of benzene rings is 1. The highest BCUT2D eigenvalue weighted by Gasteiger charge is 2.14. The Morgan fingerprint density at radius 3 is 2.67 bits per heavy atom. The van der Waals surface area contributed by atoms with Crippen LogP contribution in [0.2, 0.25) is 0 Å². The summed E-state index contributed by atoms with van der Waals surface area (Å²) < 4.78 is 39.7. The van der Waals surface area contributed by atoms with E-state index < -0.39 is 17.6 Å². The molecule has 0 unspecified atom stereocenters. The molecule has 2 rings (SSSR count). The van der Waals surface area contributed by atoms with Gasteiger partial charge in [0.15, 0.2) is 11.6 Å². The molecule has 5 heteroatoms. The van der Waals surface area contributed by atoms with Gasteiger partial charge in [-0.25, -0.2) is 13.8 Å². The maximum absolute atomic E-state index is 13.6. The highest BCUT2D eigenvalue weighted by atomic mass is 19.2. The average Bonchev–Trinajstić information content (AvgIpc) is 2.34. The summed E-state index contributed by atoms with van der Waals surface area (Å²) in [7, 11) is 0. The Bertz CT molecular complexity index is 633. The van der Waals surface area contributed by atoms with Gasteiger partial charge in [-0.05, 0) is 17.7 Å².